The summed E-state index contributed by atoms with van der Waals surface area (Å²) in [6, 6.07) is 3.14. The summed E-state index contributed by atoms with van der Waals surface area (Å²) in [5.74, 6) is -1.90. The molecule has 1 aliphatic carbocycles. The van der Waals surface area contributed by atoms with Crippen molar-refractivity contribution in [1.29, 1.82) is 0 Å². The molecule has 3 heterocycles. The molecule has 0 bridgehead atoms. The Hall–Kier alpha value is -4.90. The van der Waals surface area contributed by atoms with E-state index >= 15 is 0 Å². The first-order valence-corrected chi connectivity index (χ1v) is 21.4. The second-order valence-electron chi connectivity index (χ2n) is 18.8. The van der Waals surface area contributed by atoms with Crippen molar-refractivity contribution in [2.45, 2.75) is 149 Å². The van der Waals surface area contributed by atoms with Crippen molar-refractivity contribution in [1.82, 2.24) is 56.7 Å². The van der Waals surface area contributed by atoms with Gasteiger partial charge in [-0.25, -0.2) is 4.68 Å². The lowest BCUT2D eigenvalue weighted by molar-refractivity contribution is -0.144. The van der Waals surface area contributed by atoms with Crippen LogP contribution in [0.25, 0.3) is 0 Å². The van der Waals surface area contributed by atoms with E-state index in [1.807, 2.05) is 59.7 Å². The van der Waals surface area contributed by atoms with Crippen molar-refractivity contribution in [2.75, 3.05) is 27.2 Å². The van der Waals surface area contributed by atoms with Crippen LogP contribution in [0.1, 0.15) is 116 Å². The highest BCUT2D eigenvalue weighted by atomic mass is 16.2. The number of fused-ring (bicyclic) bond motifs is 1. The number of carbonyl (C=O) groups is 6. The van der Waals surface area contributed by atoms with E-state index in [2.05, 4.69) is 48.3 Å². The van der Waals surface area contributed by atoms with Crippen LogP contribution in [-0.4, -0.2) is 124 Å². The second-order valence-corrected chi connectivity index (χ2v) is 18.8. The summed E-state index contributed by atoms with van der Waals surface area (Å²) < 4.78 is 1.63. The third-order valence-corrected chi connectivity index (χ3v) is 12.2. The molecule has 330 valence electrons. The maximum absolute atomic E-state index is 14.6. The van der Waals surface area contributed by atoms with Gasteiger partial charge in [0.1, 0.15) is 29.9 Å². The van der Waals surface area contributed by atoms with E-state index in [1.165, 1.54) is 5.56 Å². The standard InChI is InChI=1S/C43H67N11O6/c1-25(44-9)36(55)48-34(42(3,4)5)40(59)52-20-14-19-32(52)38(57)46-22-28-23-54(51-50-28)29-21-33(39(58)47-31-18-13-16-27-15-11-12-17-30(27)31)53(24-29)41(60)35(43(6,7)8)49-37(56)26(2)45-10/h11-12,15,17,23,25-26,29,31-35,44-45H,13-14,16,18-22,24H2,1-10H3,(H,46,57)(H,47,58)(H,48,55)(H,49,56)/t25-,26-,29-,31?,32-,33-,34+,35+/m0/s1. The molecule has 17 nitrogen and oxygen atoms in total. The number of nitrogens with one attached hydrogen (secondary N) is 6. The first-order valence-electron chi connectivity index (χ1n) is 21.4. The monoisotopic (exact) mass is 834 g/mol. The fraction of sp³-hybridized carbons (Fsp3) is 0.674. The number of nitrogens with zero attached hydrogens (tertiary/aromatic N) is 5. The van der Waals surface area contributed by atoms with E-state index in [0.717, 1.165) is 24.8 Å². The van der Waals surface area contributed by atoms with Gasteiger partial charge in [-0.3, -0.25) is 28.8 Å². The Balaban J connectivity index is 1.31. The Bertz CT molecular complexity index is 1890. The lowest BCUT2D eigenvalue weighted by Crippen LogP contribution is -2.59. The zero-order valence-corrected chi connectivity index (χ0v) is 37.1. The Kier molecular flexibility index (Phi) is 14.8. The number of aryl methyl sites for hydroxylation is 1. The summed E-state index contributed by atoms with van der Waals surface area (Å²) in [7, 11) is 3.35. The number of amides is 6. The zero-order valence-electron chi connectivity index (χ0n) is 37.1. The summed E-state index contributed by atoms with van der Waals surface area (Å²) in [5.41, 5.74) is 1.47. The summed E-state index contributed by atoms with van der Waals surface area (Å²) in [6.45, 7) is 15.3. The van der Waals surface area contributed by atoms with E-state index in [1.54, 1.807) is 48.6 Å². The summed E-state index contributed by atoms with van der Waals surface area (Å²) in [6.07, 6.45) is 5.74. The fourth-order valence-electron chi connectivity index (χ4n) is 8.27. The van der Waals surface area contributed by atoms with Crippen LogP contribution in [0.4, 0.5) is 0 Å². The van der Waals surface area contributed by atoms with Crippen molar-refractivity contribution in [3.8, 4) is 0 Å². The van der Waals surface area contributed by atoms with Gasteiger partial charge in [0, 0.05) is 19.5 Å². The number of hydrogen-bond donors (Lipinski definition) is 6. The van der Waals surface area contributed by atoms with E-state index in [-0.39, 0.29) is 61.0 Å². The first-order chi connectivity index (χ1) is 28.2. The van der Waals surface area contributed by atoms with E-state index < -0.39 is 53.1 Å². The molecular weight excluding hydrogens is 767 g/mol. The van der Waals surface area contributed by atoms with Gasteiger partial charge in [-0.2, -0.15) is 0 Å². The smallest absolute Gasteiger partial charge is 0.246 e. The molecule has 17 heteroatoms. The van der Waals surface area contributed by atoms with Gasteiger partial charge in [-0.1, -0.05) is 71.0 Å². The lowest BCUT2D eigenvalue weighted by atomic mass is 9.85. The molecule has 2 saturated heterocycles. The maximum Gasteiger partial charge on any atom is 0.246 e. The van der Waals surface area contributed by atoms with Crippen LogP contribution in [0, 0.1) is 10.8 Å². The lowest BCUT2D eigenvalue weighted by Gasteiger charge is -2.36. The molecule has 6 N–H and O–H groups in total. The van der Waals surface area contributed by atoms with Gasteiger partial charge in [0.25, 0.3) is 0 Å². The zero-order chi connectivity index (χ0) is 44.1. The minimum Gasteiger partial charge on any atom is -0.349 e. The molecule has 2 fully saturated rings. The van der Waals surface area contributed by atoms with Crippen molar-refractivity contribution in [2.24, 2.45) is 10.8 Å². The largest absolute Gasteiger partial charge is 0.349 e. The number of rotatable bonds is 14. The Morgan fingerprint density at radius 2 is 1.38 bits per heavy atom. The van der Waals surface area contributed by atoms with Gasteiger partial charge >= 0.3 is 0 Å². The predicted octanol–water partition coefficient (Wildman–Crippen LogP) is 1.50. The van der Waals surface area contributed by atoms with Crippen LogP contribution in [0.3, 0.4) is 0 Å². The van der Waals surface area contributed by atoms with Crippen molar-refractivity contribution < 1.29 is 28.8 Å². The molecule has 60 heavy (non-hydrogen) atoms. The van der Waals surface area contributed by atoms with Gasteiger partial charge in [0.15, 0.2) is 0 Å². The van der Waals surface area contributed by atoms with Crippen LogP contribution >= 0.6 is 0 Å². The quantitative estimate of drug-likeness (QED) is 0.162. The molecule has 1 aromatic carbocycles. The number of likely N-dealkylation sites (tertiary alicyclic amines) is 2. The van der Waals surface area contributed by atoms with Crippen molar-refractivity contribution in [3.63, 3.8) is 0 Å². The molecule has 5 rings (SSSR count). The number of carbonyl (C=O) groups excluding carboxylic acids is 6. The summed E-state index contributed by atoms with van der Waals surface area (Å²) in [5, 5.41) is 26.5. The third kappa shape index (κ3) is 10.7. The SMILES string of the molecule is CN[C@@H](C)C(=O)N[C@H](C(=O)N1CCC[C@H]1C(=O)NCc1cn([C@H]2C[C@@H](C(=O)NC3CCCc4ccccc43)N(C(=O)[C@@H](NC(=O)[C@H](C)NC)C(C)(C)C)C2)nn1)C(C)(C)C. The Morgan fingerprint density at radius 3 is 1.98 bits per heavy atom. The van der Waals surface area contributed by atoms with E-state index in [4.69, 9.17) is 0 Å². The highest BCUT2D eigenvalue weighted by Crippen LogP contribution is 2.34. The molecule has 0 saturated carbocycles. The minimum absolute atomic E-state index is 0.0403. The Labute approximate surface area is 354 Å². The molecule has 8 atom stereocenters. The van der Waals surface area contributed by atoms with Gasteiger partial charge in [0.2, 0.25) is 35.4 Å². The molecule has 3 aliphatic rings. The topological polar surface area (TPSA) is 212 Å². The number of benzene rings is 1. The molecule has 6 amide bonds. The van der Waals surface area contributed by atoms with Crippen LogP contribution in [-0.2, 0) is 41.7 Å². The van der Waals surface area contributed by atoms with E-state index in [9.17, 15) is 28.8 Å². The van der Waals surface area contributed by atoms with Crippen molar-refractivity contribution >= 4 is 35.4 Å². The Morgan fingerprint density at radius 1 is 0.783 bits per heavy atom. The highest BCUT2D eigenvalue weighted by molar-refractivity contribution is 5.95. The third-order valence-electron chi connectivity index (χ3n) is 12.2. The van der Waals surface area contributed by atoms with Gasteiger partial charge in [-0.15, -0.1) is 5.10 Å². The second kappa shape index (κ2) is 19.2. The van der Waals surface area contributed by atoms with Crippen molar-refractivity contribution in [3.05, 3.63) is 47.3 Å². The van der Waals surface area contributed by atoms with Crippen LogP contribution in [0.2, 0.25) is 0 Å². The number of aromatic nitrogens is 3. The van der Waals surface area contributed by atoms with Gasteiger partial charge in [0.05, 0.1) is 36.9 Å². The summed E-state index contributed by atoms with van der Waals surface area (Å²) >= 11 is 0. The first kappa shape index (κ1) is 46.2. The maximum atomic E-state index is 14.6. The molecule has 1 aromatic heterocycles. The molecule has 0 spiro atoms. The van der Waals surface area contributed by atoms with Crippen LogP contribution < -0.4 is 31.9 Å². The average Bonchev–Trinajstić information content (AvgIpc) is 4.00. The highest BCUT2D eigenvalue weighted by Gasteiger charge is 2.47. The van der Waals surface area contributed by atoms with Crippen LogP contribution in [0.15, 0.2) is 30.5 Å². The fourth-order valence-corrected chi connectivity index (χ4v) is 8.27. The normalized spacial score (nSPS) is 22.6. The molecule has 1 unspecified atom stereocenters. The minimum atomic E-state index is -0.916. The molecule has 2 aliphatic heterocycles. The van der Waals surface area contributed by atoms with Gasteiger partial charge < -0.3 is 41.7 Å². The van der Waals surface area contributed by atoms with Crippen LogP contribution in [0.5, 0.6) is 0 Å². The average molecular weight is 834 g/mol. The number of hydrogen-bond acceptors (Lipinski definition) is 10. The summed E-state index contributed by atoms with van der Waals surface area (Å²) in [4.78, 5) is 85.4. The molecule has 0 radical (unpaired) electrons. The predicted molar refractivity (Wildman–Crippen MR) is 226 cm³/mol. The molecular formula is C43H67N11O6. The van der Waals surface area contributed by atoms with Gasteiger partial charge in [-0.05, 0) is 82.0 Å². The number of likely N-dealkylation sites (N-methyl/N-ethyl adjacent to an activating group) is 2. The van der Waals surface area contributed by atoms with E-state index in [0.29, 0.717) is 25.1 Å². The molecule has 2 aromatic rings.